The Morgan fingerprint density at radius 1 is 1.10 bits per heavy atom. The fourth-order valence-electron chi connectivity index (χ4n) is 1.55. The molecule has 3 nitrogen and oxygen atoms in total. The smallest absolute Gasteiger partial charge is 0.262 e. The summed E-state index contributed by atoms with van der Waals surface area (Å²) in [5, 5.41) is 3.01. The number of hydrogen-bond donors (Lipinski definition) is 1. The van der Waals surface area contributed by atoms with Crippen LogP contribution in [0.4, 0.5) is 14.5 Å². The Balaban J connectivity index is 1.97. The van der Waals surface area contributed by atoms with Gasteiger partial charge in [0, 0.05) is 22.8 Å². The van der Waals surface area contributed by atoms with Crippen LogP contribution < -0.4 is 10.1 Å². The Morgan fingerprint density at radius 3 is 2.43 bits per heavy atom. The predicted octanol–water partition coefficient (Wildman–Crippen LogP) is 4.29. The zero-order valence-electron chi connectivity index (χ0n) is 10.5. The molecule has 0 aliphatic carbocycles. The summed E-state index contributed by atoms with van der Waals surface area (Å²) in [5.41, 5.74) is -0.00158. The van der Waals surface area contributed by atoms with Gasteiger partial charge in [-0.1, -0.05) is 23.2 Å². The highest BCUT2D eigenvalue weighted by atomic mass is 35.5. The lowest BCUT2D eigenvalue weighted by molar-refractivity contribution is -0.118. The van der Waals surface area contributed by atoms with E-state index in [4.69, 9.17) is 27.9 Å². The Labute approximate surface area is 129 Å². The third-order valence-corrected chi connectivity index (χ3v) is 2.95. The highest BCUT2D eigenvalue weighted by Gasteiger charge is 2.08. The van der Waals surface area contributed by atoms with Gasteiger partial charge in [-0.25, -0.2) is 8.78 Å². The maximum absolute atomic E-state index is 13.0. The van der Waals surface area contributed by atoms with E-state index < -0.39 is 17.5 Å². The second-order valence-electron chi connectivity index (χ2n) is 4.07. The third-order valence-electron chi connectivity index (χ3n) is 2.40. The van der Waals surface area contributed by atoms with Gasteiger partial charge in [-0.2, -0.15) is 0 Å². The molecule has 2 rings (SSSR count). The molecule has 1 N–H and O–H groups in total. The first-order valence-corrected chi connectivity index (χ1v) is 6.53. The molecule has 0 bridgehead atoms. The highest BCUT2D eigenvalue weighted by Crippen LogP contribution is 2.27. The van der Waals surface area contributed by atoms with E-state index in [1.54, 1.807) is 6.07 Å². The molecule has 0 aromatic heterocycles. The van der Waals surface area contributed by atoms with Crippen LogP contribution in [0, 0.1) is 11.6 Å². The summed E-state index contributed by atoms with van der Waals surface area (Å²) in [6.07, 6.45) is 0. The van der Waals surface area contributed by atoms with E-state index in [1.807, 2.05) is 0 Å². The van der Waals surface area contributed by atoms with Gasteiger partial charge in [-0.05, 0) is 24.3 Å². The molecule has 0 atom stereocenters. The topological polar surface area (TPSA) is 38.3 Å². The van der Waals surface area contributed by atoms with Crippen molar-refractivity contribution in [2.45, 2.75) is 0 Å². The van der Waals surface area contributed by atoms with Gasteiger partial charge in [0.2, 0.25) is 0 Å². The maximum atomic E-state index is 13.0. The molecule has 0 heterocycles. The van der Waals surface area contributed by atoms with Gasteiger partial charge in [0.1, 0.15) is 17.4 Å². The zero-order chi connectivity index (χ0) is 15.4. The second-order valence-corrected chi connectivity index (χ2v) is 4.91. The maximum Gasteiger partial charge on any atom is 0.262 e. The van der Waals surface area contributed by atoms with Crippen LogP contribution in [0.5, 0.6) is 5.75 Å². The number of amides is 1. The zero-order valence-corrected chi connectivity index (χ0v) is 12.0. The van der Waals surface area contributed by atoms with Crippen LogP contribution >= 0.6 is 23.2 Å². The predicted molar refractivity (Wildman–Crippen MR) is 76.9 cm³/mol. The van der Waals surface area contributed by atoms with Crippen molar-refractivity contribution in [3.63, 3.8) is 0 Å². The second kappa shape index (κ2) is 6.74. The molecule has 110 valence electrons. The van der Waals surface area contributed by atoms with Crippen LogP contribution in [0.1, 0.15) is 0 Å². The molecule has 1 amide bonds. The van der Waals surface area contributed by atoms with Crippen molar-refractivity contribution in [1.29, 1.82) is 0 Å². The molecule has 0 fully saturated rings. The normalized spacial score (nSPS) is 10.3. The first-order chi connectivity index (χ1) is 9.94. The van der Waals surface area contributed by atoms with E-state index >= 15 is 0 Å². The monoisotopic (exact) mass is 331 g/mol. The fraction of sp³-hybridized carbons (Fsp3) is 0.0714. The van der Waals surface area contributed by atoms with Crippen LogP contribution in [0.2, 0.25) is 10.0 Å². The van der Waals surface area contributed by atoms with Gasteiger partial charge >= 0.3 is 0 Å². The van der Waals surface area contributed by atoms with Crippen LogP contribution in [0.25, 0.3) is 0 Å². The molecule has 21 heavy (non-hydrogen) atoms. The minimum absolute atomic E-state index is 0.00158. The minimum atomic E-state index is -0.788. The van der Waals surface area contributed by atoms with Gasteiger partial charge in [0.25, 0.3) is 5.91 Å². The van der Waals surface area contributed by atoms with E-state index in [9.17, 15) is 13.6 Å². The quantitative estimate of drug-likeness (QED) is 0.907. The molecule has 2 aromatic rings. The number of benzene rings is 2. The number of anilines is 1. The number of carbonyl (C=O) groups excluding carboxylic acids is 1. The van der Waals surface area contributed by atoms with Crippen molar-refractivity contribution in [2.24, 2.45) is 0 Å². The molecular formula is C14H9Cl2F2NO2. The van der Waals surface area contributed by atoms with E-state index in [-0.39, 0.29) is 18.0 Å². The fourth-order valence-corrected chi connectivity index (χ4v) is 1.89. The molecule has 0 spiro atoms. The molecule has 0 radical (unpaired) electrons. The lowest BCUT2D eigenvalue weighted by Crippen LogP contribution is -2.20. The molecule has 0 aliphatic heterocycles. The lowest BCUT2D eigenvalue weighted by Gasteiger charge is -2.09. The number of nitrogens with one attached hydrogen (secondary N) is 1. The van der Waals surface area contributed by atoms with E-state index in [0.29, 0.717) is 16.1 Å². The summed E-state index contributed by atoms with van der Waals surface area (Å²) >= 11 is 11.6. The van der Waals surface area contributed by atoms with Crippen molar-refractivity contribution >= 4 is 34.8 Å². The largest absolute Gasteiger partial charge is 0.482 e. The number of carbonyl (C=O) groups is 1. The average Bonchev–Trinajstić information content (AvgIpc) is 2.38. The van der Waals surface area contributed by atoms with E-state index in [0.717, 1.165) is 12.1 Å². The summed E-state index contributed by atoms with van der Waals surface area (Å²) in [4.78, 5) is 11.6. The summed E-state index contributed by atoms with van der Waals surface area (Å²) in [6, 6.07) is 7.25. The molecule has 7 heteroatoms. The van der Waals surface area contributed by atoms with Crippen LogP contribution in [-0.4, -0.2) is 12.5 Å². The van der Waals surface area contributed by atoms with Gasteiger partial charge in [-0.3, -0.25) is 4.79 Å². The van der Waals surface area contributed by atoms with Crippen molar-refractivity contribution in [3.8, 4) is 5.75 Å². The Morgan fingerprint density at radius 2 is 1.76 bits per heavy atom. The van der Waals surface area contributed by atoms with Crippen LogP contribution in [0.15, 0.2) is 36.4 Å². The Kier molecular flexibility index (Phi) is 4.98. The lowest BCUT2D eigenvalue weighted by atomic mass is 10.3. The SMILES string of the molecule is O=C(COc1cc(Cl)ccc1Cl)Nc1cc(F)cc(F)c1. The summed E-state index contributed by atoms with van der Waals surface area (Å²) in [5.74, 6) is -1.92. The number of rotatable bonds is 4. The molecule has 0 saturated heterocycles. The molecular weight excluding hydrogens is 323 g/mol. The number of ether oxygens (including phenoxy) is 1. The standard InChI is InChI=1S/C14H9Cl2F2NO2/c15-8-1-2-12(16)13(3-8)21-7-14(20)19-11-5-9(17)4-10(18)6-11/h1-6H,7H2,(H,19,20). The minimum Gasteiger partial charge on any atom is -0.482 e. The summed E-state index contributed by atoms with van der Waals surface area (Å²) < 4.78 is 31.1. The summed E-state index contributed by atoms with van der Waals surface area (Å²) in [6.45, 7) is -0.377. The molecule has 0 unspecified atom stereocenters. The van der Waals surface area contributed by atoms with Crippen LogP contribution in [0.3, 0.4) is 0 Å². The van der Waals surface area contributed by atoms with Crippen molar-refractivity contribution in [1.82, 2.24) is 0 Å². The third kappa shape index (κ3) is 4.58. The molecule has 0 aliphatic rings. The Bertz CT molecular complexity index is 660. The van der Waals surface area contributed by atoms with Crippen molar-refractivity contribution in [3.05, 3.63) is 58.1 Å². The van der Waals surface area contributed by atoms with Crippen LogP contribution in [-0.2, 0) is 4.79 Å². The number of halogens is 4. The van der Waals surface area contributed by atoms with E-state index in [1.165, 1.54) is 12.1 Å². The first kappa shape index (κ1) is 15.5. The number of hydrogen-bond acceptors (Lipinski definition) is 2. The van der Waals surface area contributed by atoms with Gasteiger partial charge in [-0.15, -0.1) is 0 Å². The van der Waals surface area contributed by atoms with Gasteiger partial charge in [0.05, 0.1) is 5.02 Å². The molecule has 0 saturated carbocycles. The highest BCUT2D eigenvalue weighted by molar-refractivity contribution is 6.34. The average molecular weight is 332 g/mol. The molecule has 2 aromatic carbocycles. The van der Waals surface area contributed by atoms with E-state index in [2.05, 4.69) is 5.32 Å². The first-order valence-electron chi connectivity index (χ1n) is 5.78. The van der Waals surface area contributed by atoms with Crippen molar-refractivity contribution in [2.75, 3.05) is 11.9 Å². The Hall–Kier alpha value is -1.85. The van der Waals surface area contributed by atoms with Crippen molar-refractivity contribution < 1.29 is 18.3 Å². The van der Waals surface area contributed by atoms with Gasteiger partial charge in [0.15, 0.2) is 6.61 Å². The summed E-state index contributed by atoms with van der Waals surface area (Å²) in [7, 11) is 0. The van der Waals surface area contributed by atoms with Gasteiger partial charge < -0.3 is 10.1 Å².